The molecule has 0 aliphatic heterocycles. The summed E-state index contributed by atoms with van der Waals surface area (Å²) < 4.78 is 225. The molecular formula is C16H14F16O4. The van der Waals surface area contributed by atoms with Crippen molar-refractivity contribution < 1.29 is 89.3 Å². The minimum Gasteiger partial charge on any atom is -0.458 e. The first-order valence-corrected chi connectivity index (χ1v) is 8.87. The number of hydrogen-bond donors (Lipinski definition) is 0. The minimum absolute atomic E-state index is 0.611. The zero-order valence-corrected chi connectivity index (χ0v) is 17.8. The van der Waals surface area contributed by atoms with Gasteiger partial charge >= 0.3 is 59.3 Å². The Labute approximate surface area is 189 Å². The lowest BCUT2D eigenvalue weighted by Crippen LogP contribution is -2.76. The van der Waals surface area contributed by atoms with Gasteiger partial charge in [0.1, 0.15) is 0 Å². The molecule has 0 spiro atoms. The van der Waals surface area contributed by atoms with Crippen LogP contribution in [-0.4, -0.2) is 71.5 Å². The summed E-state index contributed by atoms with van der Waals surface area (Å²) in [5.74, 6) is -72.6. The lowest BCUT2D eigenvalue weighted by atomic mass is 9.87. The van der Waals surface area contributed by atoms with Crippen LogP contribution in [0.2, 0.25) is 0 Å². The Balaban J connectivity index is 6.87. The first-order valence-electron chi connectivity index (χ1n) is 8.87. The molecule has 0 rings (SSSR count). The molecule has 0 aliphatic carbocycles. The van der Waals surface area contributed by atoms with Gasteiger partial charge in [-0.25, -0.2) is 9.59 Å². The number of rotatable bonds is 11. The van der Waals surface area contributed by atoms with Gasteiger partial charge in [-0.1, -0.05) is 0 Å². The second-order valence-electron chi connectivity index (χ2n) is 7.50. The summed E-state index contributed by atoms with van der Waals surface area (Å²) in [6, 6.07) is 0. The Morgan fingerprint density at radius 2 is 0.583 bits per heavy atom. The highest BCUT2D eigenvalue weighted by Crippen LogP contribution is 2.64. The largest absolute Gasteiger partial charge is 0.458 e. The minimum atomic E-state index is -8.73. The van der Waals surface area contributed by atoms with Crippen LogP contribution in [0.15, 0.2) is 0 Å². The third kappa shape index (κ3) is 4.63. The molecule has 4 nitrogen and oxygen atoms in total. The molecular weight excluding hydrogens is 560 g/mol. The second kappa shape index (κ2) is 9.29. The van der Waals surface area contributed by atoms with Crippen molar-refractivity contribution in [1.82, 2.24) is 0 Å². The predicted molar refractivity (Wildman–Crippen MR) is 82.0 cm³/mol. The summed E-state index contributed by atoms with van der Waals surface area (Å²) in [4.78, 5) is 21.9. The third-order valence-corrected chi connectivity index (χ3v) is 3.96. The maximum absolute atomic E-state index is 13.7. The lowest BCUT2D eigenvalue weighted by Gasteiger charge is -2.43. The molecule has 0 aromatic carbocycles. The number of ether oxygens (including phenoxy) is 2. The maximum atomic E-state index is 13.7. The standard InChI is InChI=1S/C16H14F16O4/c1-5(2)35-7(33)9(17,18)11(21,22)13(25,26)15(29,30)16(31,32)14(27,28)12(23,24)10(19,20)8(34)36-6(3)4/h5-6H,1-4H3. The molecule has 0 aliphatic rings. The summed E-state index contributed by atoms with van der Waals surface area (Å²) in [6.07, 6.45) is -3.71. The van der Waals surface area contributed by atoms with E-state index in [1.54, 1.807) is 0 Å². The summed E-state index contributed by atoms with van der Waals surface area (Å²) in [6.45, 7) is 2.44. The number of halogens is 16. The van der Waals surface area contributed by atoms with Gasteiger partial charge in [0, 0.05) is 0 Å². The van der Waals surface area contributed by atoms with Gasteiger partial charge in [0.2, 0.25) is 0 Å². The first-order chi connectivity index (χ1) is 15.4. The van der Waals surface area contributed by atoms with E-state index in [4.69, 9.17) is 0 Å². The van der Waals surface area contributed by atoms with E-state index >= 15 is 0 Å². The molecule has 0 fully saturated rings. The fourth-order valence-electron chi connectivity index (χ4n) is 2.02. The van der Waals surface area contributed by atoms with Gasteiger partial charge in [0.05, 0.1) is 12.2 Å². The molecule has 0 heterocycles. The topological polar surface area (TPSA) is 52.6 Å². The van der Waals surface area contributed by atoms with Gasteiger partial charge in [-0.05, 0) is 27.7 Å². The van der Waals surface area contributed by atoms with Crippen molar-refractivity contribution in [3.05, 3.63) is 0 Å². The average Bonchev–Trinajstić information content (AvgIpc) is 2.65. The molecule has 36 heavy (non-hydrogen) atoms. The van der Waals surface area contributed by atoms with E-state index in [0.717, 1.165) is 0 Å². The van der Waals surface area contributed by atoms with Crippen molar-refractivity contribution in [2.45, 2.75) is 87.3 Å². The van der Waals surface area contributed by atoms with Crippen molar-refractivity contribution in [3.8, 4) is 0 Å². The van der Waals surface area contributed by atoms with Gasteiger partial charge < -0.3 is 9.47 Å². The third-order valence-electron chi connectivity index (χ3n) is 3.96. The van der Waals surface area contributed by atoms with Gasteiger partial charge in [-0.15, -0.1) is 0 Å². The van der Waals surface area contributed by atoms with Crippen LogP contribution in [0, 0.1) is 0 Å². The van der Waals surface area contributed by atoms with E-state index in [1.807, 2.05) is 0 Å². The van der Waals surface area contributed by atoms with Crippen LogP contribution < -0.4 is 0 Å². The molecule has 0 bridgehead atoms. The summed E-state index contributed by atoms with van der Waals surface area (Å²) >= 11 is 0. The molecule has 0 aromatic heterocycles. The van der Waals surface area contributed by atoms with Crippen LogP contribution >= 0.6 is 0 Å². The van der Waals surface area contributed by atoms with Crippen LogP contribution in [0.3, 0.4) is 0 Å². The molecule has 0 N–H and O–H groups in total. The van der Waals surface area contributed by atoms with Gasteiger partial charge in [-0.3, -0.25) is 0 Å². The highest BCUT2D eigenvalue weighted by molar-refractivity contribution is 5.80. The Morgan fingerprint density at radius 1 is 0.417 bits per heavy atom. The Kier molecular flexibility index (Phi) is 8.72. The fourth-order valence-corrected chi connectivity index (χ4v) is 2.02. The molecule has 0 radical (unpaired) electrons. The zero-order chi connectivity index (χ0) is 29.7. The highest BCUT2D eigenvalue weighted by Gasteiger charge is 2.96. The van der Waals surface area contributed by atoms with E-state index in [1.165, 1.54) is 0 Å². The SMILES string of the molecule is CC(C)OC(=O)C(F)(F)C(F)(F)C(F)(F)C(F)(F)C(F)(F)C(F)(F)C(F)(F)C(F)(F)C(=O)OC(C)C. The molecule has 214 valence electrons. The van der Waals surface area contributed by atoms with Gasteiger partial charge in [0.15, 0.2) is 0 Å². The van der Waals surface area contributed by atoms with Crippen LogP contribution in [0.1, 0.15) is 27.7 Å². The normalized spacial score (nSPS) is 15.4. The average molecular weight is 574 g/mol. The summed E-state index contributed by atoms with van der Waals surface area (Å²) in [5, 5.41) is 0. The quantitative estimate of drug-likeness (QED) is 0.226. The van der Waals surface area contributed by atoms with E-state index in [0.29, 0.717) is 27.7 Å². The van der Waals surface area contributed by atoms with Crippen molar-refractivity contribution in [2.24, 2.45) is 0 Å². The monoisotopic (exact) mass is 574 g/mol. The molecule has 0 saturated heterocycles. The Hall–Kier alpha value is -2.18. The van der Waals surface area contributed by atoms with Crippen molar-refractivity contribution >= 4 is 11.9 Å². The summed E-state index contributed by atoms with van der Waals surface area (Å²) in [5.41, 5.74) is 0. The van der Waals surface area contributed by atoms with E-state index in [2.05, 4.69) is 9.47 Å². The lowest BCUT2D eigenvalue weighted by molar-refractivity contribution is -0.449. The summed E-state index contributed by atoms with van der Waals surface area (Å²) in [7, 11) is 0. The zero-order valence-electron chi connectivity index (χ0n) is 17.8. The number of hydrogen-bond acceptors (Lipinski definition) is 4. The number of carbonyl (C=O) groups excluding carboxylic acids is 2. The number of esters is 2. The van der Waals surface area contributed by atoms with E-state index in [-0.39, 0.29) is 0 Å². The highest BCUT2D eigenvalue weighted by atomic mass is 19.4. The Bertz CT molecular complexity index is 766. The van der Waals surface area contributed by atoms with Gasteiger partial charge in [0.25, 0.3) is 0 Å². The maximum Gasteiger partial charge on any atom is 0.410 e. The van der Waals surface area contributed by atoms with Crippen molar-refractivity contribution in [1.29, 1.82) is 0 Å². The van der Waals surface area contributed by atoms with Crippen molar-refractivity contribution in [2.75, 3.05) is 0 Å². The number of carbonyl (C=O) groups is 2. The van der Waals surface area contributed by atoms with Crippen LogP contribution in [0.4, 0.5) is 70.2 Å². The Morgan fingerprint density at radius 3 is 0.750 bits per heavy atom. The molecule has 0 aromatic rings. The first kappa shape index (κ1) is 33.8. The van der Waals surface area contributed by atoms with E-state index < -0.39 is 71.5 Å². The molecule has 0 unspecified atom stereocenters. The van der Waals surface area contributed by atoms with Gasteiger partial charge in [-0.2, -0.15) is 70.2 Å². The molecule has 20 heteroatoms. The van der Waals surface area contributed by atoms with Crippen LogP contribution in [0.25, 0.3) is 0 Å². The smallest absolute Gasteiger partial charge is 0.410 e. The molecule has 0 saturated carbocycles. The van der Waals surface area contributed by atoms with Crippen molar-refractivity contribution in [3.63, 3.8) is 0 Å². The molecule has 0 atom stereocenters. The van der Waals surface area contributed by atoms with E-state index in [9.17, 15) is 79.8 Å². The van der Waals surface area contributed by atoms with Crippen LogP contribution in [0.5, 0.6) is 0 Å². The number of alkyl halides is 16. The second-order valence-corrected chi connectivity index (χ2v) is 7.50. The molecule has 0 amide bonds. The predicted octanol–water partition coefficient (Wildman–Crippen LogP) is 5.97. The fraction of sp³-hybridized carbons (Fsp3) is 0.875. The van der Waals surface area contributed by atoms with Crippen LogP contribution in [-0.2, 0) is 19.1 Å².